The van der Waals surface area contributed by atoms with Gasteiger partial charge in [-0.25, -0.2) is 5.43 Å². The van der Waals surface area contributed by atoms with Gasteiger partial charge in [0.05, 0.1) is 23.6 Å². The van der Waals surface area contributed by atoms with Gasteiger partial charge < -0.3 is 0 Å². The molecule has 104 valence electrons. The van der Waals surface area contributed by atoms with Crippen molar-refractivity contribution in [2.45, 2.75) is 46.3 Å². The van der Waals surface area contributed by atoms with Gasteiger partial charge in [0, 0.05) is 24.8 Å². The highest BCUT2D eigenvalue weighted by molar-refractivity contribution is 5.25. The number of hydrogen-bond acceptors (Lipinski definition) is 4. The van der Waals surface area contributed by atoms with Gasteiger partial charge in [0.15, 0.2) is 0 Å². The molecule has 0 bridgehead atoms. The molecule has 19 heavy (non-hydrogen) atoms. The maximum atomic E-state index is 5.73. The summed E-state index contributed by atoms with van der Waals surface area (Å²) in [4.78, 5) is 0. The first kappa shape index (κ1) is 13.8. The molecule has 3 N–H and O–H groups in total. The lowest BCUT2D eigenvalue weighted by Gasteiger charge is -2.15. The van der Waals surface area contributed by atoms with Crippen molar-refractivity contribution in [1.29, 1.82) is 0 Å². The number of aromatic nitrogens is 4. The zero-order valence-corrected chi connectivity index (χ0v) is 11.8. The summed E-state index contributed by atoms with van der Waals surface area (Å²) < 4.78 is 3.89. The van der Waals surface area contributed by atoms with E-state index in [0.29, 0.717) is 0 Å². The van der Waals surface area contributed by atoms with Crippen LogP contribution in [0.5, 0.6) is 0 Å². The summed E-state index contributed by atoms with van der Waals surface area (Å²) in [7, 11) is 0. The lowest BCUT2D eigenvalue weighted by Crippen LogP contribution is -2.30. The van der Waals surface area contributed by atoms with E-state index < -0.39 is 0 Å². The van der Waals surface area contributed by atoms with Gasteiger partial charge in [-0.1, -0.05) is 6.92 Å². The summed E-state index contributed by atoms with van der Waals surface area (Å²) in [5.74, 6) is 5.73. The van der Waals surface area contributed by atoms with Crippen molar-refractivity contribution in [2.75, 3.05) is 0 Å². The van der Waals surface area contributed by atoms with Crippen molar-refractivity contribution in [1.82, 2.24) is 25.0 Å². The van der Waals surface area contributed by atoms with Gasteiger partial charge in [-0.2, -0.15) is 10.2 Å². The molecule has 2 aromatic rings. The SMILES string of the molecule is CCc1cc(C(NN)c2cnn(CC)c2)n(CC)n1. The molecule has 2 aromatic heterocycles. The van der Waals surface area contributed by atoms with Crippen LogP contribution in [0.25, 0.3) is 0 Å². The smallest absolute Gasteiger partial charge is 0.0908 e. The van der Waals surface area contributed by atoms with Gasteiger partial charge in [0.25, 0.3) is 0 Å². The first-order chi connectivity index (χ1) is 9.23. The first-order valence-corrected chi connectivity index (χ1v) is 6.78. The molecule has 0 aliphatic carbocycles. The minimum Gasteiger partial charge on any atom is -0.273 e. The van der Waals surface area contributed by atoms with Crippen molar-refractivity contribution < 1.29 is 0 Å². The summed E-state index contributed by atoms with van der Waals surface area (Å²) >= 11 is 0. The zero-order chi connectivity index (χ0) is 13.8. The van der Waals surface area contributed by atoms with Crippen molar-refractivity contribution >= 4 is 0 Å². The number of nitrogens with two attached hydrogens (primary N) is 1. The van der Waals surface area contributed by atoms with Crippen LogP contribution in [0, 0.1) is 0 Å². The number of hydrogen-bond donors (Lipinski definition) is 2. The highest BCUT2D eigenvalue weighted by atomic mass is 15.3. The highest BCUT2D eigenvalue weighted by Crippen LogP contribution is 2.22. The Bertz CT molecular complexity index is 527. The van der Waals surface area contributed by atoms with E-state index in [4.69, 9.17) is 5.84 Å². The van der Waals surface area contributed by atoms with Crippen LogP contribution in [0.3, 0.4) is 0 Å². The summed E-state index contributed by atoms with van der Waals surface area (Å²) in [6, 6.07) is 2.03. The fourth-order valence-electron chi connectivity index (χ4n) is 2.20. The Morgan fingerprint density at radius 1 is 1.32 bits per heavy atom. The number of rotatable bonds is 6. The Hall–Kier alpha value is -1.66. The molecule has 2 rings (SSSR count). The first-order valence-electron chi connectivity index (χ1n) is 6.78. The fraction of sp³-hybridized carbons (Fsp3) is 0.538. The van der Waals surface area contributed by atoms with Crippen molar-refractivity contribution in [3.8, 4) is 0 Å². The van der Waals surface area contributed by atoms with E-state index in [0.717, 1.165) is 36.5 Å². The molecule has 0 saturated carbocycles. The number of aryl methyl sites for hydroxylation is 3. The van der Waals surface area contributed by atoms with E-state index in [1.54, 1.807) is 0 Å². The van der Waals surface area contributed by atoms with Crippen LogP contribution in [0.1, 0.15) is 43.8 Å². The summed E-state index contributed by atoms with van der Waals surface area (Å²) in [5, 5.41) is 8.87. The van der Waals surface area contributed by atoms with Gasteiger partial charge in [-0.05, 0) is 26.3 Å². The van der Waals surface area contributed by atoms with Gasteiger partial charge in [0.2, 0.25) is 0 Å². The second kappa shape index (κ2) is 5.99. The quantitative estimate of drug-likeness (QED) is 0.606. The number of nitrogens with one attached hydrogen (secondary N) is 1. The molecular formula is C13H22N6. The third-order valence-corrected chi connectivity index (χ3v) is 3.30. The molecule has 0 aliphatic heterocycles. The van der Waals surface area contributed by atoms with Crippen LogP contribution in [0.2, 0.25) is 0 Å². The molecule has 2 heterocycles. The molecule has 6 heteroatoms. The third-order valence-electron chi connectivity index (χ3n) is 3.30. The Balaban J connectivity index is 2.38. The van der Waals surface area contributed by atoms with Gasteiger partial charge >= 0.3 is 0 Å². The molecule has 0 aromatic carbocycles. The maximum absolute atomic E-state index is 5.73. The van der Waals surface area contributed by atoms with Crippen LogP contribution in [-0.2, 0) is 19.5 Å². The second-order valence-corrected chi connectivity index (χ2v) is 4.46. The van der Waals surface area contributed by atoms with Gasteiger partial charge in [-0.3, -0.25) is 15.2 Å². The molecule has 0 saturated heterocycles. The maximum Gasteiger partial charge on any atom is 0.0908 e. The van der Waals surface area contributed by atoms with Gasteiger partial charge in [0.1, 0.15) is 0 Å². The Kier molecular flexibility index (Phi) is 4.34. The molecule has 0 amide bonds. The molecule has 0 spiro atoms. The van der Waals surface area contributed by atoms with E-state index in [2.05, 4.69) is 42.5 Å². The van der Waals surface area contributed by atoms with E-state index in [1.165, 1.54) is 0 Å². The highest BCUT2D eigenvalue weighted by Gasteiger charge is 2.19. The second-order valence-electron chi connectivity index (χ2n) is 4.46. The minimum absolute atomic E-state index is 0.0759. The van der Waals surface area contributed by atoms with E-state index >= 15 is 0 Å². The van der Waals surface area contributed by atoms with Crippen LogP contribution >= 0.6 is 0 Å². The van der Waals surface area contributed by atoms with Crippen LogP contribution in [0.15, 0.2) is 18.5 Å². The predicted molar refractivity (Wildman–Crippen MR) is 74.3 cm³/mol. The minimum atomic E-state index is -0.0759. The molecule has 0 fully saturated rings. The van der Waals surface area contributed by atoms with E-state index in [1.807, 2.05) is 21.8 Å². The van der Waals surface area contributed by atoms with Crippen molar-refractivity contribution in [2.24, 2.45) is 5.84 Å². The average molecular weight is 262 g/mol. The molecule has 0 radical (unpaired) electrons. The Morgan fingerprint density at radius 2 is 2.11 bits per heavy atom. The topological polar surface area (TPSA) is 73.7 Å². The lowest BCUT2D eigenvalue weighted by atomic mass is 10.1. The summed E-state index contributed by atoms with van der Waals surface area (Å²) in [5.41, 5.74) is 6.09. The summed E-state index contributed by atoms with van der Waals surface area (Å²) in [6.45, 7) is 7.93. The largest absolute Gasteiger partial charge is 0.273 e. The van der Waals surface area contributed by atoms with Crippen LogP contribution in [0.4, 0.5) is 0 Å². The monoisotopic (exact) mass is 262 g/mol. The fourth-order valence-corrected chi connectivity index (χ4v) is 2.20. The number of hydrazine groups is 1. The third kappa shape index (κ3) is 2.69. The Labute approximate surface area is 113 Å². The molecule has 6 nitrogen and oxygen atoms in total. The standard InChI is InChI=1S/C13H22N6/c1-4-11-7-12(19(6-3)17-11)13(16-14)10-8-15-18(5-2)9-10/h7-9,13,16H,4-6,14H2,1-3H3. The van der Waals surface area contributed by atoms with Crippen LogP contribution in [-0.4, -0.2) is 19.6 Å². The molecule has 1 unspecified atom stereocenters. The molecular weight excluding hydrogens is 240 g/mol. The van der Waals surface area contributed by atoms with E-state index in [-0.39, 0.29) is 6.04 Å². The van der Waals surface area contributed by atoms with Crippen molar-refractivity contribution in [3.63, 3.8) is 0 Å². The van der Waals surface area contributed by atoms with Crippen molar-refractivity contribution in [3.05, 3.63) is 35.4 Å². The predicted octanol–water partition coefficient (Wildman–Crippen LogP) is 1.23. The van der Waals surface area contributed by atoms with E-state index in [9.17, 15) is 0 Å². The Morgan fingerprint density at radius 3 is 2.63 bits per heavy atom. The normalized spacial score (nSPS) is 12.8. The van der Waals surface area contributed by atoms with Gasteiger partial charge in [-0.15, -0.1) is 0 Å². The summed E-state index contributed by atoms with van der Waals surface area (Å²) in [6.07, 6.45) is 4.79. The molecule has 1 atom stereocenters. The zero-order valence-electron chi connectivity index (χ0n) is 11.8. The average Bonchev–Trinajstić information content (AvgIpc) is 3.06. The van der Waals surface area contributed by atoms with Crippen LogP contribution < -0.4 is 11.3 Å². The number of nitrogens with zero attached hydrogens (tertiary/aromatic N) is 4. The molecule has 0 aliphatic rings. The lowest BCUT2D eigenvalue weighted by molar-refractivity contribution is 0.540.